The highest BCUT2D eigenvalue weighted by Crippen LogP contribution is 2.30. The summed E-state index contributed by atoms with van der Waals surface area (Å²) in [5.41, 5.74) is 3.97. The van der Waals surface area contributed by atoms with Crippen LogP contribution in [0.3, 0.4) is 0 Å². The number of amides is 1. The molecule has 1 saturated heterocycles. The molecule has 7 nitrogen and oxygen atoms in total. The van der Waals surface area contributed by atoms with Gasteiger partial charge in [-0.15, -0.1) is 0 Å². The molecule has 32 heavy (non-hydrogen) atoms. The third kappa shape index (κ3) is 4.82. The number of piperidine rings is 1. The van der Waals surface area contributed by atoms with Crippen LogP contribution in [0.25, 0.3) is 11.1 Å². The maximum absolute atomic E-state index is 12.9. The van der Waals surface area contributed by atoms with E-state index >= 15 is 0 Å². The van der Waals surface area contributed by atoms with Crippen LogP contribution in [0.2, 0.25) is 0 Å². The highest BCUT2D eigenvalue weighted by Gasteiger charge is 2.27. The molecule has 7 heteroatoms. The molecule has 0 bridgehead atoms. The molecule has 0 unspecified atom stereocenters. The highest BCUT2D eigenvalue weighted by molar-refractivity contribution is 5.93. The summed E-state index contributed by atoms with van der Waals surface area (Å²) in [5.74, 6) is 1.71. The van der Waals surface area contributed by atoms with Crippen molar-refractivity contribution in [2.24, 2.45) is 5.92 Å². The van der Waals surface area contributed by atoms with E-state index in [9.17, 15) is 4.79 Å². The number of methoxy groups -OCH3 is 2. The molecule has 4 rings (SSSR count). The van der Waals surface area contributed by atoms with E-state index < -0.39 is 0 Å². The first-order valence-corrected chi connectivity index (χ1v) is 10.7. The fraction of sp³-hybridized carbons (Fsp3) is 0.320. The zero-order valence-corrected chi connectivity index (χ0v) is 18.7. The summed E-state index contributed by atoms with van der Waals surface area (Å²) in [4.78, 5) is 24.1. The van der Waals surface area contributed by atoms with Crippen molar-refractivity contribution >= 4 is 17.5 Å². The van der Waals surface area contributed by atoms with E-state index in [-0.39, 0.29) is 11.8 Å². The van der Waals surface area contributed by atoms with Crippen LogP contribution in [0, 0.1) is 12.8 Å². The van der Waals surface area contributed by atoms with Gasteiger partial charge in [-0.3, -0.25) is 4.79 Å². The van der Waals surface area contributed by atoms with Crippen LogP contribution in [0.1, 0.15) is 18.4 Å². The monoisotopic (exact) mass is 432 g/mol. The van der Waals surface area contributed by atoms with Gasteiger partial charge in [-0.25, -0.2) is 9.97 Å². The Morgan fingerprint density at radius 2 is 1.72 bits per heavy atom. The van der Waals surface area contributed by atoms with Crippen LogP contribution >= 0.6 is 0 Å². The predicted molar refractivity (Wildman–Crippen MR) is 125 cm³/mol. The molecule has 0 radical (unpaired) electrons. The first-order chi connectivity index (χ1) is 15.6. The minimum atomic E-state index is -0.141. The number of nitrogens with one attached hydrogen (secondary N) is 1. The molecule has 2 heterocycles. The van der Waals surface area contributed by atoms with E-state index in [4.69, 9.17) is 9.47 Å². The molecule has 1 aliphatic rings. The second-order valence-electron chi connectivity index (χ2n) is 7.98. The standard InChI is InChI=1S/C25H28N4O3/c1-17-6-8-18(9-7-17)20-14-26-25(27-15-20)29-12-4-5-19(16-29)24(30)28-21-10-11-22(31-2)23(13-21)32-3/h6-11,13-15,19H,4-5,12,16H2,1-3H3,(H,28,30)/t19-/m0/s1. The number of carbonyl (C=O) groups excluding carboxylic acids is 1. The van der Waals surface area contributed by atoms with Gasteiger partial charge in [-0.1, -0.05) is 29.8 Å². The Labute approximate surface area is 188 Å². The van der Waals surface area contributed by atoms with Gasteiger partial charge in [0.05, 0.1) is 20.1 Å². The van der Waals surface area contributed by atoms with Gasteiger partial charge in [0, 0.05) is 42.8 Å². The molecular formula is C25H28N4O3. The van der Waals surface area contributed by atoms with Gasteiger partial charge >= 0.3 is 0 Å². The fourth-order valence-corrected chi connectivity index (χ4v) is 3.91. The maximum Gasteiger partial charge on any atom is 0.229 e. The normalized spacial score (nSPS) is 15.8. The largest absolute Gasteiger partial charge is 0.493 e. The summed E-state index contributed by atoms with van der Waals surface area (Å²) in [6.07, 6.45) is 5.44. The average Bonchev–Trinajstić information content (AvgIpc) is 2.84. The topological polar surface area (TPSA) is 76.6 Å². The van der Waals surface area contributed by atoms with E-state index in [2.05, 4.69) is 51.4 Å². The smallest absolute Gasteiger partial charge is 0.229 e. The molecule has 3 aromatic rings. The Bertz CT molecular complexity index is 1070. The minimum absolute atomic E-state index is 0.0156. The van der Waals surface area contributed by atoms with Gasteiger partial charge in [0.1, 0.15) is 0 Å². The van der Waals surface area contributed by atoms with Crippen LogP contribution in [0.4, 0.5) is 11.6 Å². The number of carbonyl (C=O) groups is 1. The second kappa shape index (κ2) is 9.68. The molecule has 1 aromatic heterocycles. The number of anilines is 2. The molecule has 1 fully saturated rings. The van der Waals surface area contributed by atoms with Gasteiger partial charge in [0.15, 0.2) is 11.5 Å². The number of hydrogen-bond acceptors (Lipinski definition) is 6. The van der Waals surface area contributed by atoms with Gasteiger partial charge in [-0.05, 0) is 37.5 Å². The molecule has 1 N–H and O–H groups in total. The lowest BCUT2D eigenvalue weighted by atomic mass is 9.97. The van der Waals surface area contributed by atoms with Crippen molar-refractivity contribution in [2.75, 3.05) is 37.5 Å². The van der Waals surface area contributed by atoms with Gasteiger partial charge in [0.2, 0.25) is 11.9 Å². The van der Waals surface area contributed by atoms with Crippen molar-refractivity contribution in [3.63, 3.8) is 0 Å². The zero-order chi connectivity index (χ0) is 22.5. The summed E-state index contributed by atoms with van der Waals surface area (Å²) >= 11 is 0. The van der Waals surface area contributed by atoms with Gasteiger partial charge < -0.3 is 19.7 Å². The van der Waals surface area contributed by atoms with Crippen LogP contribution < -0.4 is 19.7 Å². The average molecular weight is 433 g/mol. The summed E-state index contributed by atoms with van der Waals surface area (Å²) in [7, 11) is 3.16. The van der Waals surface area contributed by atoms with E-state index in [1.54, 1.807) is 26.4 Å². The Kier molecular flexibility index (Phi) is 6.54. The molecule has 1 amide bonds. The first kappa shape index (κ1) is 21.6. The number of hydrogen-bond donors (Lipinski definition) is 1. The molecule has 166 valence electrons. The molecular weight excluding hydrogens is 404 g/mol. The predicted octanol–water partition coefficient (Wildman–Crippen LogP) is 4.32. The SMILES string of the molecule is COc1ccc(NC(=O)[C@H]2CCCN(c3ncc(-c4ccc(C)cc4)cn3)C2)cc1OC. The lowest BCUT2D eigenvalue weighted by Crippen LogP contribution is -2.41. The van der Waals surface area contributed by atoms with Crippen molar-refractivity contribution in [3.05, 3.63) is 60.4 Å². The lowest BCUT2D eigenvalue weighted by molar-refractivity contribution is -0.120. The Hall–Kier alpha value is -3.61. The maximum atomic E-state index is 12.9. The number of nitrogens with zero attached hydrogens (tertiary/aromatic N) is 3. The third-order valence-electron chi connectivity index (χ3n) is 5.75. The molecule has 1 atom stereocenters. The van der Waals surface area contributed by atoms with E-state index in [1.807, 2.05) is 18.5 Å². The molecule has 0 aliphatic carbocycles. The number of ether oxygens (including phenoxy) is 2. The minimum Gasteiger partial charge on any atom is -0.493 e. The van der Waals surface area contributed by atoms with Crippen molar-refractivity contribution in [1.82, 2.24) is 9.97 Å². The molecule has 1 aliphatic heterocycles. The quantitative estimate of drug-likeness (QED) is 0.625. The summed E-state index contributed by atoms with van der Waals surface area (Å²) in [5, 5.41) is 3.00. The van der Waals surface area contributed by atoms with Crippen molar-refractivity contribution in [3.8, 4) is 22.6 Å². The summed E-state index contributed by atoms with van der Waals surface area (Å²) < 4.78 is 10.6. The van der Waals surface area contributed by atoms with Crippen LogP contribution in [0.5, 0.6) is 11.5 Å². The van der Waals surface area contributed by atoms with Crippen LogP contribution in [-0.2, 0) is 4.79 Å². The Morgan fingerprint density at radius 3 is 2.41 bits per heavy atom. The molecule has 2 aromatic carbocycles. The van der Waals surface area contributed by atoms with Crippen molar-refractivity contribution in [2.45, 2.75) is 19.8 Å². The Morgan fingerprint density at radius 1 is 1.00 bits per heavy atom. The van der Waals surface area contributed by atoms with E-state index in [0.29, 0.717) is 29.7 Å². The van der Waals surface area contributed by atoms with Crippen molar-refractivity contribution < 1.29 is 14.3 Å². The Balaban J connectivity index is 1.41. The lowest BCUT2D eigenvalue weighted by Gasteiger charge is -2.32. The summed E-state index contributed by atoms with van der Waals surface area (Å²) in [6, 6.07) is 13.7. The van der Waals surface area contributed by atoms with Crippen LogP contribution in [0.15, 0.2) is 54.9 Å². The summed E-state index contributed by atoms with van der Waals surface area (Å²) in [6.45, 7) is 3.49. The molecule has 0 spiro atoms. The van der Waals surface area contributed by atoms with Crippen molar-refractivity contribution in [1.29, 1.82) is 0 Å². The number of aryl methyl sites for hydroxylation is 1. The molecule has 0 saturated carbocycles. The zero-order valence-electron chi connectivity index (χ0n) is 18.7. The number of rotatable bonds is 6. The van der Waals surface area contributed by atoms with Gasteiger partial charge in [-0.2, -0.15) is 0 Å². The first-order valence-electron chi connectivity index (χ1n) is 10.7. The fourth-order valence-electron chi connectivity index (χ4n) is 3.91. The van der Waals surface area contributed by atoms with E-state index in [0.717, 1.165) is 30.5 Å². The van der Waals surface area contributed by atoms with E-state index in [1.165, 1.54) is 5.56 Å². The third-order valence-corrected chi connectivity index (χ3v) is 5.75. The highest BCUT2D eigenvalue weighted by atomic mass is 16.5. The number of aromatic nitrogens is 2. The van der Waals surface area contributed by atoms with Gasteiger partial charge in [0.25, 0.3) is 0 Å². The number of benzene rings is 2. The van der Waals surface area contributed by atoms with Crippen LogP contribution in [-0.4, -0.2) is 43.2 Å². The second-order valence-corrected chi connectivity index (χ2v) is 7.98.